The minimum atomic E-state index is -0.427. The number of nitrogens with one attached hydrogen (secondary N) is 1. The Morgan fingerprint density at radius 1 is 1.29 bits per heavy atom. The van der Waals surface area contributed by atoms with Crippen LogP contribution in [0, 0.1) is 17.0 Å². The highest BCUT2D eigenvalue weighted by atomic mass is 35.5. The van der Waals surface area contributed by atoms with Crippen LogP contribution in [0.2, 0.25) is 5.02 Å². The molecule has 0 aromatic heterocycles. The molecule has 0 amide bonds. The number of nitro groups is 1. The average Bonchev–Trinajstić information content (AvgIpc) is 2.48. The van der Waals surface area contributed by atoms with Gasteiger partial charge in [0.1, 0.15) is 0 Å². The van der Waals surface area contributed by atoms with Crippen molar-refractivity contribution < 1.29 is 4.92 Å². The Bertz CT molecular complexity index is 714. The van der Waals surface area contributed by atoms with E-state index in [1.54, 1.807) is 25.1 Å². The fourth-order valence-electron chi connectivity index (χ4n) is 1.72. The van der Waals surface area contributed by atoms with Crippen LogP contribution < -0.4 is 5.43 Å². The number of aryl methyl sites for hydroxylation is 1. The molecule has 2 rings (SSSR count). The quantitative estimate of drug-likeness (QED) is 0.517. The molecule has 0 radical (unpaired) electrons. The highest BCUT2D eigenvalue weighted by Gasteiger charge is 2.07. The van der Waals surface area contributed by atoms with Crippen molar-refractivity contribution in [1.29, 1.82) is 0 Å². The number of nitrogens with zero attached hydrogens (tertiary/aromatic N) is 2. The van der Waals surface area contributed by atoms with E-state index in [2.05, 4.69) is 10.5 Å². The van der Waals surface area contributed by atoms with E-state index >= 15 is 0 Å². The van der Waals surface area contributed by atoms with Crippen LogP contribution in [-0.4, -0.2) is 10.6 Å². The van der Waals surface area contributed by atoms with Crippen LogP contribution in [-0.2, 0) is 0 Å². The third kappa shape index (κ3) is 3.79. The summed E-state index contributed by atoms with van der Waals surface area (Å²) in [4.78, 5) is 10.3. The molecule has 0 spiro atoms. The Morgan fingerprint density at radius 3 is 2.71 bits per heavy atom. The number of anilines is 1. The lowest BCUT2D eigenvalue weighted by atomic mass is 10.1. The third-order valence-electron chi connectivity index (χ3n) is 3.00. The smallest absolute Gasteiger partial charge is 0.270 e. The predicted molar refractivity (Wildman–Crippen MR) is 85.1 cm³/mol. The molecular formula is C15H14ClN3O2. The summed E-state index contributed by atoms with van der Waals surface area (Å²) in [6.45, 7) is 3.70. The monoisotopic (exact) mass is 303 g/mol. The summed E-state index contributed by atoms with van der Waals surface area (Å²) in [5.41, 5.74) is 6.02. The van der Waals surface area contributed by atoms with Crippen LogP contribution in [0.3, 0.4) is 0 Å². The molecule has 2 aromatic rings. The normalized spacial score (nSPS) is 11.3. The number of hydrogen-bond donors (Lipinski definition) is 1. The SMILES string of the molecule is CC(=NNc1ccc(C)c(Cl)c1)c1cccc([N+](=O)[O-])c1. The zero-order valence-electron chi connectivity index (χ0n) is 11.6. The lowest BCUT2D eigenvalue weighted by molar-refractivity contribution is -0.384. The largest absolute Gasteiger partial charge is 0.278 e. The minimum Gasteiger partial charge on any atom is -0.278 e. The van der Waals surface area contributed by atoms with E-state index in [1.807, 2.05) is 19.1 Å². The Hall–Kier alpha value is -2.40. The molecule has 0 saturated carbocycles. The van der Waals surface area contributed by atoms with Gasteiger partial charge in [0.15, 0.2) is 0 Å². The molecule has 0 atom stereocenters. The average molecular weight is 304 g/mol. The van der Waals surface area contributed by atoms with E-state index in [0.717, 1.165) is 11.3 Å². The first-order valence-electron chi connectivity index (χ1n) is 6.28. The number of halogens is 1. The van der Waals surface area contributed by atoms with Crippen molar-refractivity contribution in [3.05, 3.63) is 68.7 Å². The number of rotatable bonds is 4. The fraction of sp³-hybridized carbons (Fsp3) is 0.133. The van der Waals surface area contributed by atoms with Crippen molar-refractivity contribution in [2.75, 3.05) is 5.43 Å². The van der Waals surface area contributed by atoms with Gasteiger partial charge >= 0.3 is 0 Å². The zero-order valence-corrected chi connectivity index (χ0v) is 12.4. The van der Waals surface area contributed by atoms with Crippen molar-refractivity contribution in [2.45, 2.75) is 13.8 Å². The molecule has 0 unspecified atom stereocenters. The van der Waals surface area contributed by atoms with Gasteiger partial charge in [-0.05, 0) is 31.5 Å². The first-order chi connectivity index (χ1) is 9.97. The molecule has 2 aromatic carbocycles. The van der Waals surface area contributed by atoms with Crippen LogP contribution in [0.15, 0.2) is 47.6 Å². The second-order valence-corrected chi connectivity index (χ2v) is 4.99. The van der Waals surface area contributed by atoms with Crippen molar-refractivity contribution >= 4 is 28.7 Å². The molecule has 6 heteroatoms. The van der Waals surface area contributed by atoms with E-state index in [1.165, 1.54) is 12.1 Å². The van der Waals surface area contributed by atoms with Crippen molar-refractivity contribution in [2.24, 2.45) is 5.10 Å². The topological polar surface area (TPSA) is 67.5 Å². The molecule has 0 heterocycles. The number of benzene rings is 2. The molecule has 5 nitrogen and oxygen atoms in total. The molecule has 0 aliphatic rings. The predicted octanol–water partition coefficient (Wildman–Crippen LogP) is 4.39. The second-order valence-electron chi connectivity index (χ2n) is 4.58. The van der Waals surface area contributed by atoms with Gasteiger partial charge in [-0.2, -0.15) is 5.10 Å². The number of hydrazone groups is 1. The van der Waals surface area contributed by atoms with Crippen LogP contribution in [0.5, 0.6) is 0 Å². The second kappa shape index (κ2) is 6.37. The van der Waals surface area contributed by atoms with Crippen LogP contribution in [0.4, 0.5) is 11.4 Å². The van der Waals surface area contributed by atoms with E-state index in [4.69, 9.17) is 11.6 Å². The maximum absolute atomic E-state index is 10.8. The maximum atomic E-state index is 10.8. The summed E-state index contributed by atoms with van der Waals surface area (Å²) in [5, 5.41) is 15.6. The number of hydrogen-bond acceptors (Lipinski definition) is 4. The molecule has 0 saturated heterocycles. The maximum Gasteiger partial charge on any atom is 0.270 e. The van der Waals surface area contributed by atoms with Crippen molar-refractivity contribution in [3.63, 3.8) is 0 Å². The first kappa shape index (κ1) is 15.0. The Kier molecular flexibility index (Phi) is 4.55. The van der Waals surface area contributed by atoms with E-state index in [0.29, 0.717) is 16.3 Å². The highest BCUT2D eigenvalue weighted by Crippen LogP contribution is 2.20. The molecular weight excluding hydrogens is 290 g/mol. The van der Waals surface area contributed by atoms with Crippen LogP contribution >= 0.6 is 11.6 Å². The zero-order chi connectivity index (χ0) is 15.4. The van der Waals surface area contributed by atoms with Gasteiger partial charge in [0.05, 0.1) is 16.3 Å². The van der Waals surface area contributed by atoms with Gasteiger partial charge in [0.25, 0.3) is 5.69 Å². The standard InChI is InChI=1S/C15H14ClN3O2/c1-10-6-7-13(9-15(10)16)18-17-11(2)12-4-3-5-14(8-12)19(20)21/h3-9,18H,1-2H3. The van der Waals surface area contributed by atoms with Crippen LogP contribution in [0.1, 0.15) is 18.1 Å². The minimum absolute atomic E-state index is 0.0421. The first-order valence-corrected chi connectivity index (χ1v) is 6.66. The molecule has 21 heavy (non-hydrogen) atoms. The Labute approximate surface area is 127 Å². The summed E-state index contributed by atoms with van der Waals surface area (Å²) in [6, 6.07) is 11.9. The summed E-state index contributed by atoms with van der Waals surface area (Å²) in [5.74, 6) is 0. The van der Waals surface area contributed by atoms with Crippen molar-refractivity contribution in [1.82, 2.24) is 0 Å². The van der Waals surface area contributed by atoms with E-state index in [9.17, 15) is 10.1 Å². The van der Waals surface area contributed by atoms with Gasteiger partial charge in [-0.25, -0.2) is 0 Å². The highest BCUT2D eigenvalue weighted by molar-refractivity contribution is 6.31. The lowest BCUT2D eigenvalue weighted by Crippen LogP contribution is -2.00. The molecule has 0 aliphatic heterocycles. The van der Waals surface area contributed by atoms with E-state index < -0.39 is 4.92 Å². The summed E-state index contributed by atoms with van der Waals surface area (Å²) in [7, 11) is 0. The van der Waals surface area contributed by atoms with Gasteiger partial charge in [-0.15, -0.1) is 0 Å². The summed E-state index contributed by atoms with van der Waals surface area (Å²) >= 11 is 6.04. The third-order valence-corrected chi connectivity index (χ3v) is 3.41. The Balaban J connectivity index is 2.19. The fourth-order valence-corrected chi connectivity index (χ4v) is 1.90. The summed E-state index contributed by atoms with van der Waals surface area (Å²) < 4.78 is 0. The Morgan fingerprint density at radius 2 is 2.05 bits per heavy atom. The van der Waals surface area contributed by atoms with Gasteiger partial charge in [-0.1, -0.05) is 29.8 Å². The number of nitro benzene ring substituents is 1. The molecule has 1 N–H and O–H groups in total. The van der Waals surface area contributed by atoms with Crippen LogP contribution in [0.25, 0.3) is 0 Å². The van der Waals surface area contributed by atoms with Gasteiger partial charge in [0.2, 0.25) is 0 Å². The van der Waals surface area contributed by atoms with Gasteiger partial charge in [-0.3, -0.25) is 15.5 Å². The van der Waals surface area contributed by atoms with Gasteiger partial charge < -0.3 is 0 Å². The van der Waals surface area contributed by atoms with Gasteiger partial charge in [0, 0.05) is 22.7 Å². The molecule has 0 fully saturated rings. The van der Waals surface area contributed by atoms with Crippen molar-refractivity contribution in [3.8, 4) is 0 Å². The summed E-state index contributed by atoms with van der Waals surface area (Å²) in [6.07, 6.45) is 0. The molecule has 0 bridgehead atoms. The molecule has 108 valence electrons. The molecule has 0 aliphatic carbocycles. The lowest BCUT2D eigenvalue weighted by Gasteiger charge is -2.05. The van der Waals surface area contributed by atoms with E-state index in [-0.39, 0.29) is 5.69 Å². The number of non-ortho nitro benzene ring substituents is 1.